The fraction of sp³-hybridized carbons (Fsp3) is 0.391. The van der Waals surface area contributed by atoms with E-state index in [2.05, 4.69) is 11.4 Å². The Morgan fingerprint density at radius 1 is 1.14 bits per heavy atom. The summed E-state index contributed by atoms with van der Waals surface area (Å²) in [4.78, 5) is 27.0. The number of para-hydroxylation sites is 1. The van der Waals surface area contributed by atoms with E-state index in [4.69, 9.17) is 4.74 Å². The van der Waals surface area contributed by atoms with E-state index in [-0.39, 0.29) is 29.5 Å². The fourth-order valence-corrected chi connectivity index (χ4v) is 4.06. The van der Waals surface area contributed by atoms with Gasteiger partial charge in [0.05, 0.1) is 12.5 Å². The van der Waals surface area contributed by atoms with Gasteiger partial charge in [-0.15, -0.1) is 0 Å². The topological polar surface area (TPSA) is 58.6 Å². The molecular weight excluding hydrogens is 371 g/mol. The summed E-state index contributed by atoms with van der Waals surface area (Å²) in [6, 6.07) is 13.5. The number of hydrogen-bond acceptors (Lipinski definition) is 3. The maximum Gasteiger partial charge on any atom is 0.253 e. The maximum absolute atomic E-state index is 13.1. The average molecular weight is 396 g/mol. The summed E-state index contributed by atoms with van der Waals surface area (Å²) in [5, 5.41) is 3.05. The van der Waals surface area contributed by atoms with Crippen LogP contribution in [0.15, 0.2) is 48.5 Å². The van der Waals surface area contributed by atoms with Gasteiger partial charge in [-0.3, -0.25) is 9.59 Å². The number of amides is 2. The van der Waals surface area contributed by atoms with E-state index < -0.39 is 0 Å². The fourth-order valence-electron chi connectivity index (χ4n) is 4.06. The minimum absolute atomic E-state index is 0.0135. The lowest BCUT2D eigenvalue weighted by molar-refractivity contribution is -0.126. The number of carbonyl (C=O) groups excluding carboxylic acids is 2. The molecular formula is C23H25FN2O3. The van der Waals surface area contributed by atoms with Gasteiger partial charge in [0, 0.05) is 31.1 Å². The molecule has 6 heteroatoms. The highest BCUT2D eigenvalue weighted by Gasteiger charge is 2.29. The lowest BCUT2D eigenvalue weighted by Crippen LogP contribution is -2.46. The van der Waals surface area contributed by atoms with Crippen molar-refractivity contribution in [1.82, 2.24) is 10.2 Å². The first-order chi connectivity index (χ1) is 14.1. The van der Waals surface area contributed by atoms with Crippen molar-refractivity contribution in [2.45, 2.75) is 19.3 Å². The Kier molecular flexibility index (Phi) is 5.79. The van der Waals surface area contributed by atoms with Crippen molar-refractivity contribution in [2.75, 3.05) is 26.2 Å². The number of nitrogens with zero attached hydrogens (tertiary/aromatic N) is 1. The molecule has 1 N–H and O–H groups in total. The van der Waals surface area contributed by atoms with E-state index in [9.17, 15) is 14.0 Å². The van der Waals surface area contributed by atoms with Crippen molar-refractivity contribution in [3.63, 3.8) is 0 Å². The minimum Gasteiger partial charge on any atom is -0.493 e. The number of rotatable bonds is 4. The van der Waals surface area contributed by atoms with E-state index >= 15 is 0 Å². The number of halogens is 1. The molecule has 2 aromatic rings. The molecule has 0 aliphatic carbocycles. The van der Waals surface area contributed by atoms with Crippen LogP contribution in [0.5, 0.6) is 5.75 Å². The van der Waals surface area contributed by atoms with E-state index in [1.54, 1.807) is 4.90 Å². The number of ether oxygens (including phenoxy) is 1. The summed E-state index contributed by atoms with van der Waals surface area (Å²) in [5.74, 6) is 0.420. The molecule has 0 bridgehead atoms. The molecule has 2 aliphatic rings. The molecule has 2 aliphatic heterocycles. The van der Waals surface area contributed by atoms with Crippen LogP contribution in [-0.2, 0) is 11.2 Å². The predicted octanol–water partition coefficient (Wildman–Crippen LogP) is 3.05. The third-order valence-electron chi connectivity index (χ3n) is 5.69. The van der Waals surface area contributed by atoms with Gasteiger partial charge in [0.25, 0.3) is 5.91 Å². The summed E-state index contributed by atoms with van der Waals surface area (Å²) >= 11 is 0. The largest absolute Gasteiger partial charge is 0.493 e. The molecule has 0 aromatic heterocycles. The monoisotopic (exact) mass is 396 g/mol. The average Bonchev–Trinajstić information content (AvgIpc) is 2.77. The number of piperidine rings is 1. The number of hydrogen-bond donors (Lipinski definition) is 1. The first-order valence-electron chi connectivity index (χ1n) is 10.1. The summed E-state index contributed by atoms with van der Waals surface area (Å²) in [6.45, 7) is 2.17. The molecule has 2 amide bonds. The minimum atomic E-state index is -0.369. The second-order valence-corrected chi connectivity index (χ2v) is 7.83. The van der Waals surface area contributed by atoms with Gasteiger partial charge in [0.1, 0.15) is 11.6 Å². The van der Waals surface area contributed by atoms with Gasteiger partial charge in [0.2, 0.25) is 5.91 Å². The Hall–Kier alpha value is -2.89. The molecule has 2 unspecified atom stereocenters. The van der Waals surface area contributed by atoms with Gasteiger partial charge in [-0.05, 0) is 55.2 Å². The molecule has 152 valence electrons. The van der Waals surface area contributed by atoms with Crippen LogP contribution in [0.1, 0.15) is 28.8 Å². The number of benzene rings is 2. The molecule has 0 radical (unpaired) electrons. The molecule has 4 rings (SSSR count). The third kappa shape index (κ3) is 4.58. The molecule has 29 heavy (non-hydrogen) atoms. The van der Waals surface area contributed by atoms with Crippen molar-refractivity contribution in [1.29, 1.82) is 0 Å². The normalized spacial score (nSPS) is 21.1. The number of likely N-dealkylation sites (tertiary alicyclic amines) is 1. The van der Waals surface area contributed by atoms with Crippen LogP contribution in [0.25, 0.3) is 0 Å². The van der Waals surface area contributed by atoms with Gasteiger partial charge in [-0.2, -0.15) is 0 Å². The van der Waals surface area contributed by atoms with Crippen molar-refractivity contribution >= 4 is 11.8 Å². The van der Waals surface area contributed by atoms with E-state index in [1.807, 2.05) is 18.2 Å². The molecule has 0 saturated carbocycles. The van der Waals surface area contributed by atoms with Crippen LogP contribution in [0.4, 0.5) is 4.39 Å². The first kappa shape index (κ1) is 19.4. The SMILES string of the molecule is O=C(NCC1COc2ccccc2C1)C1CCCN(C(=O)c2ccc(F)cc2)C1. The number of carbonyl (C=O) groups is 2. The van der Waals surface area contributed by atoms with Gasteiger partial charge >= 0.3 is 0 Å². The van der Waals surface area contributed by atoms with Gasteiger partial charge in [-0.1, -0.05) is 18.2 Å². The molecule has 1 saturated heterocycles. The lowest BCUT2D eigenvalue weighted by atomic mass is 9.94. The Labute approximate surface area is 169 Å². The van der Waals surface area contributed by atoms with E-state index in [1.165, 1.54) is 29.8 Å². The standard InChI is InChI=1S/C23H25FN2O3/c24-20-9-7-17(8-10-20)23(28)26-11-3-5-19(14-26)22(27)25-13-16-12-18-4-1-2-6-21(18)29-15-16/h1-2,4,6-10,16,19H,3,5,11-15H2,(H,25,27). The second-order valence-electron chi connectivity index (χ2n) is 7.83. The summed E-state index contributed by atoms with van der Waals surface area (Å²) in [5.41, 5.74) is 1.62. The summed E-state index contributed by atoms with van der Waals surface area (Å²) in [6.07, 6.45) is 2.43. The maximum atomic E-state index is 13.1. The van der Waals surface area contributed by atoms with Crippen LogP contribution >= 0.6 is 0 Å². The zero-order chi connectivity index (χ0) is 20.2. The van der Waals surface area contributed by atoms with Crippen LogP contribution < -0.4 is 10.1 Å². The highest BCUT2D eigenvalue weighted by atomic mass is 19.1. The molecule has 2 atom stereocenters. The van der Waals surface area contributed by atoms with Crippen LogP contribution in [0, 0.1) is 17.7 Å². The number of nitrogens with one attached hydrogen (secondary N) is 1. The zero-order valence-electron chi connectivity index (χ0n) is 16.3. The Balaban J connectivity index is 1.30. The van der Waals surface area contributed by atoms with Crippen molar-refractivity contribution < 1.29 is 18.7 Å². The Morgan fingerprint density at radius 3 is 2.76 bits per heavy atom. The van der Waals surface area contributed by atoms with E-state index in [0.29, 0.717) is 31.8 Å². The van der Waals surface area contributed by atoms with Crippen molar-refractivity contribution in [2.24, 2.45) is 11.8 Å². The zero-order valence-corrected chi connectivity index (χ0v) is 16.3. The third-order valence-corrected chi connectivity index (χ3v) is 5.69. The lowest BCUT2D eigenvalue weighted by Gasteiger charge is -2.32. The smallest absolute Gasteiger partial charge is 0.253 e. The van der Waals surface area contributed by atoms with Gasteiger partial charge in [0.15, 0.2) is 0 Å². The van der Waals surface area contributed by atoms with Crippen molar-refractivity contribution in [3.8, 4) is 5.75 Å². The first-order valence-corrected chi connectivity index (χ1v) is 10.1. The Bertz CT molecular complexity index is 884. The molecule has 5 nitrogen and oxygen atoms in total. The van der Waals surface area contributed by atoms with Crippen LogP contribution in [-0.4, -0.2) is 43.0 Å². The highest BCUT2D eigenvalue weighted by Crippen LogP contribution is 2.26. The summed E-state index contributed by atoms with van der Waals surface area (Å²) < 4.78 is 18.9. The van der Waals surface area contributed by atoms with Gasteiger partial charge < -0.3 is 15.0 Å². The molecule has 2 heterocycles. The highest BCUT2D eigenvalue weighted by molar-refractivity contribution is 5.94. The van der Waals surface area contributed by atoms with Crippen molar-refractivity contribution in [3.05, 3.63) is 65.5 Å². The Morgan fingerprint density at radius 2 is 1.93 bits per heavy atom. The molecule has 2 aromatic carbocycles. The van der Waals surface area contributed by atoms with E-state index in [0.717, 1.165) is 25.0 Å². The van der Waals surface area contributed by atoms with Gasteiger partial charge in [-0.25, -0.2) is 4.39 Å². The van der Waals surface area contributed by atoms with Crippen LogP contribution in [0.2, 0.25) is 0 Å². The quantitative estimate of drug-likeness (QED) is 0.864. The predicted molar refractivity (Wildman–Crippen MR) is 107 cm³/mol. The second kappa shape index (κ2) is 8.64. The molecule has 1 fully saturated rings. The van der Waals surface area contributed by atoms with Crippen LogP contribution in [0.3, 0.4) is 0 Å². The summed E-state index contributed by atoms with van der Waals surface area (Å²) in [7, 11) is 0. The molecule has 0 spiro atoms. The number of fused-ring (bicyclic) bond motifs is 1.